The second kappa shape index (κ2) is 7.31. The van der Waals surface area contributed by atoms with E-state index in [0.717, 1.165) is 35.9 Å². The first-order chi connectivity index (χ1) is 13.1. The van der Waals surface area contributed by atoms with Gasteiger partial charge in [0.1, 0.15) is 0 Å². The largest absolute Gasteiger partial charge is 0.378 e. The van der Waals surface area contributed by atoms with Crippen molar-refractivity contribution in [3.63, 3.8) is 0 Å². The van der Waals surface area contributed by atoms with Gasteiger partial charge >= 0.3 is 6.03 Å². The number of nitrogens with zero attached hydrogens (tertiary/aromatic N) is 2. The third-order valence-electron chi connectivity index (χ3n) is 5.38. The lowest BCUT2D eigenvalue weighted by Crippen LogP contribution is -2.36. The van der Waals surface area contributed by atoms with E-state index in [1.54, 1.807) is 6.20 Å². The lowest BCUT2D eigenvalue weighted by Gasteiger charge is -2.16. The maximum Gasteiger partial charge on any atom is 0.319 e. The Morgan fingerprint density at radius 2 is 1.96 bits per heavy atom. The molecule has 0 bridgehead atoms. The van der Waals surface area contributed by atoms with Crippen LogP contribution in [-0.2, 0) is 0 Å². The zero-order chi connectivity index (χ0) is 18.8. The second-order valence-electron chi connectivity index (χ2n) is 7.43. The van der Waals surface area contributed by atoms with Gasteiger partial charge < -0.3 is 15.5 Å². The van der Waals surface area contributed by atoms with E-state index in [2.05, 4.69) is 50.0 Å². The molecule has 1 saturated carbocycles. The first kappa shape index (κ1) is 17.4. The van der Waals surface area contributed by atoms with Crippen LogP contribution in [0.4, 0.5) is 16.2 Å². The highest BCUT2D eigenvalue weighted by molar-refractivity contribution is 6.00. The Hall–Kier alpha value is -3.02. The Bertz CT molecular complexity index is 931. The van der Waals surface area contributed by atoms with Crippen LogP contribution in [0.15, 0.2) is 48.7 Å². The van der Waals surface area contributed by atoms with Crippen molar-refractivity contribution in [2.45, 2.75) is 31.2 Å². The van der Waals surface area contributed by atoms with E-state index in [9.17, 15) is 4.79 Å². The van der Waals surface area contributed by atoms with Gasteiger partial charge in [0.05, 0.1) is 17.4 Å². The lowest BCUT2D eigenvalue weighted by molar-refractivity contribution is 0.248. The van der Waals surface area contributed by atoms with Gasteiger partial charge in [-0.1, -0.05) is 18.2 Å². The van der Waals surface area contributed by atoms with Crippen molar-refractivity contribution in [2.24, 2.45) is 0 Å². The Morgan fingerprint density at radius 3 is 2.74 bits per heavy atom. The molecule has 3 N–H and O–H groups in total. The summed E-state index contributed by atoms with van der Waals surface area (Å²) in [5.74, 6) is 0.504. The number of hydrogen-bond acceptors (Lipinski definition) is 3. The van der Waals surface area contributed by atoms with Crippen molar-refractivity contribution < 1.29 is 4.79 Å². The Labute approximate surface area is 159 Å². The van der Waals surface area contributed by atoms with Crippen LogP contribution in [0.5, 0.6) is 0 Å². The Balaban J connectivity index is 1.35. The van der Waals surface area contributed by atoms with Crippen LogP contribution in [0.25, 0.3) is 10.9 Å². The molecule has 1 aliphatic rings. The van der Waals surface area contributed by atoms with E-state index >= 15 is 0 Å². The smallest absolute Gasteiger partial charge is 0.319 e. The number of benzene rings is 2. The normalized spacial score (nSPS) is 19.2. The van der Waals surface area contributed by atoms with Gasteiger partial charge in [-0.2, -0.15) is 5.10 Å². The molecule has 1 aromatic heterocycles. The summed E-state index contributed by atoms with van der Waals surface area (Å²) in [7, 11) is 4.10. The maximum absolute atomic E-state index is 12.4. The highest BCUT2D eigenvalue weighted by Crippen LogP contribution is 2.35. The summed E-state index contributed by atoms with van der Waals surface area (Å²) in [5, 5.41) is 13.9. The van der Waals surface area contributed by atoms with E-state index in [1.807, 2.05) is 32.3 Å². The topological polar surface area (TPSA) is 73.1 Å². The molecule has 6 heteroatoms. The SMILES string of the molecule is CN(C)c1ccc([C@H]2CCC(NC(=O)Nc3cccc4[nH]ncc34)C2)cc1. The minimum absolute atomic E-state index is 0.155. The number of hydrogen-bond donors (Lipinski definition) is 3. The minimum Gasteiger partial charge on any atom is -0.378 e. The number of aromatic amines is 1. The maximum atomic E-state index is 12.4. The van der Waals surface area contributed by atoms with Crippen LogP contribution in [0.2, 0.25) is 0 Å². The fourth-order valence-electron chi connectivity index (χ4n) is 3.88. The van der Waals surface area contributed by atoms with Crippen LogP contribution in [-0.4, -0.2) is 36.4 Å². The molecule has 6 nitrogen and oxygen atoms in total. The summed E-state index contributed by atoms with van der Waals surface area (Å²) in [6.45, 7) is 0. The predicted octanol–water partition coefficient (Wildman–Crippen LogP) is 4.09. The highest BCUT2D eigenvalue weighted by Gasteiger charge is 2.27. The van der Waals surface area contributed by atoms with Gasteiger partial charge in [0.25, 0.3) is 0 Å². The van der Waals surface area contributed by atoms with Gasteiger partial charge in [0.2, 0.25) is 0 Å². The molecule has 1 aliphatic carbocycles. The van der Waals surface area contributed by atoms with Gasteiger partial charge in [-0.25, -0.2) is 4.79 Å². The minimum atomic E-state index is -0.155. The van der Waals surface area contributed by atoms with Crippen LogP contribution < -0.4 is 15.5 Å². The van der Waals surface area contributed by atoms with Crippen molar-refractivity contribution in [1.29, 1.82) is 0 Å². The zero-order valence-corrected chi connectivity index (χ0v) is 15.7. The average Bonchev–Trinajstić information content (AvgIpc) is 3.31. The number of carbonyl (C=O) groups excluding carboxylic acids is 1. The van der Waals surface area contributed by atoms with Crippen molar-refractivity contribution in [3.05, 3.63) is 54.2 Å². The molecule has 1 fully saturated rings. The standard InChI is InChI=1S/C21H25N5O/c1-26(2)17-10-7-14(8-11-17)15-6-9-16(12-15)23-21(27)24-19-4-3-5-20-18(19)13-22-25-20/h3-5,7-8,10-11,13,15-16H,6,9,12H2,1-2H3,(H,22,25)(H2,23,24,27)/t15-,16?/m0/s1. The first-order valence-electron chi connectivity index (χ1n) is 9.37. The van der Waals surface area contributed by atoms with E-state index < -0.39 is 0 Å². The molecular formula is C21H25N5O. The zero-order valence-electron chi connectivity index (χ0n) is 15.7. The number of anilines is 2. The average molecular weight is 363 g/mol. The molecule has 140 valence electrons. The van der Waals surface area contributed by atoms with Gasteiger partial charge in [-0.3, -0.25) is 5.10 Å². The summed E-state index contributed by atoms with van der Waals surface area (Å²) in [5.41, 5.74) is 4.25. The number of fused-ring (bicyclic) bond motifs is 1. The summed E-state index contributed by atoms with van der Waals surface area (Å²) >= 11 is 0. The van der Waals surface area contributed by atoms with E-state index in [1.165, 1.54) is 11.3 Å². The summed E-state index contributed by atoms with van der Waals surface area (Å²) in [6.07, 6.45) is 4.81. The van der Waals surface area contributed by atoms with Crippen LogP contribution in [0, 0.1) is 0 Å². The fourth-order valence-corrected chi connectivity index (χ4v) is 3.88. The number of rotatable bonds is 4. The van der Waals surface area contributed by atoms with Gasteiger partial charge in [-0.15, -0.1) is 0 Å². The molecule has 2 amide bonds. The molecule has 0 radical (unpaired) electrons. The van der Waals surface area contributed by atoms with Crippen molar-refractivity contribution >= 4 is 28.3 Å². The van der Waals surface area contributed by atoms with E-state index in [4.69, 9.17) is 0 Å². The third-order valence-corrected chi connectivity index (χ3v) is 5.38. The molecule has 0 saturated heterocycles. The predicted molar refractivity (Wildman–Crippen MR) is 109 cm³/mol. The quantitative estimate of drug-likeness (QED) is 0.654. The van der Waals surface area contributed by atoms with Gasteiger partial charge in [0.15, 0.2) is 0 Å². The summed E-state index contributed by atoms with van der Waals surface area (Å²) < 4.78 is 0. The molecule has 1 heterocycles. The molecule has 0 aliphatic heterocycles. The van der Waals surface area contributed by atoms with Crippen LogP contribution in [0.1, 0.15) is 30.7 Å². The van der Waals surface area contributed by atoms with E-state index in [0.29, 0.717) is 5.92 Å². The van der Waals surface area contributed by atoms with Crippen LogP contribution >= 0.6 is 0 Å². The third kappa shape index (κ3) is 3.74. The molecule has 27 heavy (non-hydrogen) atoms. The molecule has 2 atom stereocenters. The monoisotopic (exact) mass is 363 g/mol. The number of nitrogens with one attached hydrogen (secondary N) is 3. The number of urea groups is 1. The van der Waals surface area contributed by atoms with Gasteiger partial charge in [-0.05, 0) is 55.0 Å². The second-order valence-corrected chi connectivity index (χ2v) is 7.43. The molecule has 2 aromatic carbocycles. The number of H-pyrrole nitrogens is 1. The summed E-state index contributed by atoms with van der Waals surface area (Å²) in [4.78, 5) is 14.5. The van der Waals surface area contributed by atoms with Crippen molar-refractivity contribution in [2.75, 3.05) is 24.3 Å². The Kier molecular flexibility index (Phi) is 4.71. The van der Waals surface area contributed by atoms with E-state index in [-0.39, 0.29) is 12.1 Å². The fraction of sp³-hybridized carbons (Fsp3) is 0.333. The lowest BCUT2D eigenvalue weighted by atomic mass is 9.97. The molecule has 4 rings (SSSR count). The molecule has 3 aromatic rings. The number of amides is 2. The van der Waals surface area contributed by atoms with Crippen LogP contribution in [0.3, 0.4) is 0 Å². The van der Waals surface area contributed by atoms with Crippen molar-refractivity contribution in [3.8, 4) is 0 Å². The Morgan fingerprint density at radius 1 is 1.15 bits per heavy atom. The highest BCUT2D eigenvalue weighted by atomic mass is 16.2. The molecular weight excluding hydrogens is 338 g/mol. The molecule has 1 unspecified atom stereocenters. The first-order valence-corrected chi connectivity index (χ1v) is 9.37. The summed E-state index contributed by atoms with van der Waals surface area (Å²) in [6, 6.07) is 14.5. The van der Waals surface area contributed by atoms with Crippen molar-refractivity contribution in [1.82, 2.24) is 15.5 Å². The van der Waals surface area contributed by atoms with Gasteiger partial charge in [0, 0.05) is 31.2 Å². The molecule has 0 spiro atoms. The number of aromatic nitrogens is 2. The number of carbonyl (C=O) groups is 1.